The van der Waals surface area contributed by atoms with Crippen molar-refractivity contribution in [2.45, 2.75) is 44.7 Å². The van der Waals surface area contributed by atoms with Crippen LogP contribution in [0.4, 0.5) is 4.39 Å². The molecule has 22 heavy (non-hydrogen) atoms. The molecule has 1 aromatic carbocycles. The summed E-state index contributed by atoms with van der Waals surface area (Å²) in [6.45, 7) is 1.74. The second-order valence-electron chi connectivity index (χ2n) is 5.43. The number of aliphatic carboxylic acids is 1. The minimum atomic E-state index is -0.997. The molecule has 1 saturated carbocycles. The topological polar surface area (TPSA) is 66.8 Å². The lowest BCUT2D eigenvalue weighted by molar-refractivity contribution is -0.150. The fraction of sp³-hybridized carbons (Fsp3) is 0.500. The molecule has 1 aliphatic rings. The van der Waals surface area contributed by atoms with Crippen molar-refractivity contribution in [1.82, 2.24) is 4.90 Å². The molecule has 0 radical (unpaired) electrons. The van der Waals surface area contributed by atoms with Gasteiger partial charge in [0.25, 0.3) is 0 Å². The van der Waals surface area contributed by atoms with Crippen molar-refractivity contribution in [3.05, 3.63) is 30.1 Å². The summed E-state index contributed by atoms with van der Waals surface area (Å²) in [5, 5.41) is 9.07. The third-order valence-electron chi connectivity index (χ3n) is 3.63. The smallest absolute Gasteiger partial charge is 0.326 e. The predicted octanol–water partition coefficient (Wildman–Crippen LogP) is 2.45. The summed E-state index contributed by atoms with van der Waals surface area (Å²) >= 11 is 0. The molecule has 0 saturated heterocycles. The molecule has 1 N–H and O–H groups in total. The Bertz CT molecular complexity index is 545. The molecule has 1 fully saturated rings. The van der Waals surface area contributed by atoms with Crippen molar-refractivity contribution in [1.29, 1.82) is 0 Å². The SMILES string of the molecule is CC(C(=O)O)N(C(=O)CCCOc1ccccc1F)C1CC1. The van der Waals surface area contributed by atoms with E-state index in [9.17, 15) is 14.0 Å². The number of nitrogens with zero attached hydrogens (tertiary/aromatic N) is 1. The molecule has 1 amide bonds. The van der Waals surface area contributed by atoms with E-state index in [0.717, 1.165) is 12.8 Å². The van der Waals surface area contributed by atoms with Crippen molar-refractivity contribution >= 4 is 11.9 Å². The summed E-state index contributed by atoms with van der Waals surface area (Å²) in [7, 11) is 0. The zero-order valence-corrected chi connectivity index (χ0v) is 12.5. The average Bonchev–Trinajstić information content (AvgIpc) is 3.30. The number of carbonyl (C=O) groups is 2. The maximum Gasteiger partial charge on any atom is 0.326 e. The molecular formula is C16H20FNO4. The quantitative estimate of drug-likeness (QED) is 0.749. The minimum absolute atomic E-state index is 0.0473. The van der Waals surface area contributed by atoms with Crippen LogP contribution in [-0.2, 0) is 9.59 Å². The number of carboxylic acid groups (broad SMARTS) is 1. The lowest BCUT2D eigenvalue weighted by Gasteiger charge is -2.26. The zero-order chi connectivity index (χ0) is 16.1. The Morgan fingerprint density at radius 3 is 2.68 bits per heavy atom. The van der Waals surface area contributed by atoms with E-state index >= 15 is 0 Å². The van der Waals surface area contributed by atoms with Crippen LogP contribution < -0.4 is 4.74 Å². The highest BCUT2D eigenvalue weighted by molar-refractivity contribution is 5.83. The summed E-state index contributed by atoms with van der Waals surface area (Å²) in [6, 6.07) is 5.32. The number of para-hydroxylation sites is 1. The second-order valence-corrected chi connectivity index (χ2v) is 5.43. The van der Waals surface area contributed by atoms with Gasteiger partial charge in [0, 0.05) is 12.5 Å². The molecule has 5 nitrogen and oxygen atoms in total. The zero-order valence-electron chi connectivity index (χ0n) is 12.5. The molecule has 0 aromatic heterocycles. The molecular weight excluding hydrogens is 289 g/mol. The van der Waals surface area contributed by atoms with E-state index in [0.29, 0.717) is 6.42 Å². The second kappa shape index (κ2) is 7.24. The average molecular weight is 309 g/mol. The molecule has 2 rings (SSSR count). The molecule has 6 heteroatoms. The maximum absolute atomic E-state index is 13.3. The third kappa shape index (κ3) is 4.19. The van der Waals surface area contributed by atoms with Gasteiger partial charge in [-0.25, -0.2) is 9.18 Å². The number of hydrogen-bond acceptors (Lipinski definition) is 3. The van der Waals surface area contributed by atoms with Gasteiger partial charge in [-0.2, -0.15) is 0 Å². The van der Waals surface area contributed by atoms with Crippen molar-refractivity contribution in [3.63, 3.8) is 0 Å². The van der Waals surface area contributed by atoms with E-state index in [1.807, 2.05) is 0 Å². The Morgan fingerprint density at radius 1 is 1.41 bits per heavy atom. The summed E-state index contributed by atoms with van der Waals surface area (Å²) in [5.74, 6) is -1.46. The summed E-state index contributed by atoms with van der Waals surface area (Å²) in [4.78, 5) is 24.7. The van der Waals surface area contributed by atoms with Crippen LogP contribution in [0.2, 0.25) is 0 Å². The molecule has 0 heterocycles. The van der Waals surface area contributed by atoms with E-state index in [1.165, 1.54) is 24.0 Å². The van der Waals surface area contributed by atoms with Crippen molar-refractivity contribution < 1.29 is 23.8 Å². The molecule has 120 valence electrons. The van der Waals surface area contributed by atoms with Gasteiger partial charge < -0.3 is 14.7 Å². The lowest BCUT2D eigenvalue weighted by Crippen LogP contribution is -2.44. The first-order valence-corrected chi connectivity index (χ1v) is 7.42. The first-order valence-electron chi connectivity index (χ1n) is 7.42. The van der Waals surface area contributed by atoms with E-state index in [2.05, 4.69) is 0 Å². The van der Waals surface area contributed by atoms with E-state index in [-0.39, 0.29) is 30.7 Å². The Morgan fingerprint density at radius 2 is 2.09 bits per heavy atom. The monoisotopic (exact) mass is 309 g/mol. The molecule has 1 unspecified atom stereocenters. The summed E-state index contributed by atoms with van der Waals surface area (Å²) in [5.41, 5.74) is 0. The number of benzene rings is 1. The Hall–Kier alpha value is -2.11. The summed E-state index contributed by atoms with van der Waals surface area (Å²) in [6.07, 6.45) is 2.33. The number of halogens is 1. The molecule has 1 aromatic rings. The fourth-order valence-electron chi connectivity index (χ4n) is 2.30. The molecule has 1 atom stereocenters. The van der Waals surface area contributed by atoms with Crippen LogP contribution >= 0.6 is 0 Å². The van der Waals surface area contributed by atoms with Gasteiger partial charge in [0.2, 0.25) is 5.91 Å². The van der Waals surface area contributed by atoms with Gasteiger partial charge in [-0.15, -0.1) is 0 Å². The number of ether oxygens (including phenoxy) is 1. The maximum atomic E-state index is 13.3. The molecule has 0 spiro atoms. The van der Waals surface area contributed by atoms with Crippen molar-refractivity contribution in [3.8, 4) is 5.75 Å². The highest BCUT2D eigenvalue weighted by Gasteiger charge is 2.37. The van der Waals surface area contributed by atoms with Crippen LogP contribution in [0.25, 0.3) is 0 Å². The number of amides is 1. The Balaban J connectivity index is 1.79. The normalized spacial score (nSPS) is 15.2. The lowest BCUT2D eigenvalue weighted by atomic mass is 10.2. The van der Waals surface area contributed by atoms with E-state index < -0.39 is 17.8 Å². The van der Waals surface area contributed by atoms with Crippen LogP contribution in [0.3, 0.4) is 0 Å². The third-order valence-corrected chi connectivity index (χ3v) is 3.63. The Kier molecular flexibility index (Phi) is 5.35. The molecule has 1 aliphatic carbocycles. The van der Waals surface area contributed by atoms with Crippen LogP contribution in [0, 0.1) is 5.82 Å². The fourth-order valence-corrected chi connectivity index (χ4v) is 2.30. The standard InChI is InChI=1S/C16H20FNO4/c1-11(16(20)21)18(12-8-9-12)15(19)7-4-10-22-14-6-3-2-5-13(14)17/h2-3,5-6,11-12H,4,7-10H2,1H3,(H,20,21). The van der Waals surface area contributed by atoms with Gasteiger partial charge in [-0.05, 0) is 38.3 Å². The van der Waals surface area contributed by atoms with Gasteiger partial charge in [0.1, 0.15) is 6.04 Å². The van der Waals surface area contributed by atoms with Gasteiger partial charge in [-0.3, -0.25) is 4.79 Å². The van der Waals surface area contributed by atoms with Crippen LogP contribution in [-0.4, -0.2) is 40.6 Å². The highest BCUT2D eigenvalue weighted by atomic mass is 19.1. The predicted molar refractivity (Wildman–Crippen MR) is 78.1 cm³/mol. The summed E-state index contributed by atoms with van der Waals surface area (Å²) < 4.78 is 18.6. The van der Waals surface area contributed by atoms with Crippen LogP contribution in [0.15, 0.2) is 24.3 Å². The van der Waals surface area contributed by atoms with Gasteiger partial charge in [0.05, 0.1) is 6.61 Å². The highest BCUT2D eigenvalue weighted by Crippen LogP contribution is 2.29. The van der Waals surface area contributed by atoms with Gasteiger partial charge in [-0.1, -0.05) is 12.1 Å². The number of carboxylic acids is 1. The van der Waals surface area contributed by atoms with Gasteiger partial charge >= 0.3 is 5.97 Å². The van der Waals surface area contributed by atoms with Crippen LogP contribution in [0.5, 0.6) is 5.75 Å². The first-order chi connectivity index (χ1) is 10.5. The molecule has 0 bridgehead atoms. The molecule has 0 aliphatic heterocycles. The largest absolute Gasteiger partial charge is 0.491 e. The number of carbonyl (C=O) groups excluding carboxylic acids is 1. The number of hydrogen-bond donors (Lipinski definition) is 1. The first kappa shape index (κ1) is 16.3. The van der Waals surface area contributed by atoms with E-state index in [4.69, 9.17) is 9.84 Å². The Labute approximate surface area is 128 Å². The van der Waals surface area contributed by atoms with Crippen LogP contribution in [0.1, 0.15) is 32.6 Å². The number of rotatable bonds is 8. The van der Waals surface area contributed by atoms with Gasteiger partial charge in [0.15, 0.2) is 11.6 Å². The minimum Gasteiger partial charge on any atom is -0.491 e. The van der Waals surface area contributed by atoms with Crippen molar-refractivity contribution in [2.24, 2.45) is 0 Å². The van der Waals surface area contributed by atoms with E-state index in [1.54, 1.807) is 12.1 Å². The van der Waals surface area contributed by atoms with Crippen molar-refractivity contribution in [2.75, 3.05) is 6.61 Å².